The van der Waals surface area contributed by atoms with Gasteiger partial charge in [0, 0.05) is 31.0 Å². The van der Waals surface area contributed by atoms with Gasteiger partial charge in [0.25, 0.3) is 0 Å². The number of benzene rings is 1. The fraction of sp³-hybridized carbons (Fsp3) is 0.154. The van der Waals surface area contributed by atoms with Crippen LogP contribution in [-0.4, -0.2) is 4.98 Å². The van der Waals surface area contributed by atoms with Gasteiger partial charge in [-0.2, -0.15) is 0 Å². The van der Waals surface area contributed by atoms with E-state index >= 15 is 0 Å². The molecule has 2 aromatic rings. The summed E-state index contributed by atoms with van der Waals surface area (Å²) in [5.74, 6) is -0.166. The van der Waals surface area contributed by atoms with E-state index in [0.29, 0.717) is 18.7 Å². The predicted octanol–water partition coefficient (Wildman–Crippen LogP) is -3.48. The van der Waals surface area contributed by atoms with Crippen LogP contribution in [0.2, 0.25) is 0 Å². The van der Waals surface area contributed by atoms with Crippen molar-refractivity contribution < 1.29 is 29.2 Å². The molecule has 1 heterocycles. The Morgan fingerprint density at radius 1 is 1.00 bits per heavy atom. The Kier molecular flexibility index (Phi) is 8.29. The highest BCUT2D eigenvalue weighted by Gasteiger charge is 1.99. The van der Waals surface area contributed by atoms with Gasteiger partial charge in [-0.1, -0.05) is 24.3 Å². The minimum Gasteiger partial charge on any atom is -1.00 e. The van der Waals surface area contributed by atoms with Crippen LogP contribution in [0.3, 0.4) is 0 Å². The lowest BCUT2D eigenvalue weighted by Crippen LogP contribution is -3.00. The van der Waals surface area contributed by atoms with Crippen molar-refractivity contribution in [1.82, 2.24) is 10.3 Å². The van der Waals surface area contributed by atoms with Gasteiger partial charge < -0.3 is 30.1 Å². The minimum absolute atomic E-state index is 0. The third-order valence-corrected chi connectivity index (χ3v) is 2.33. The van der Waals surface area contributed by atoms with E-state index in [-0.39, 0.29) is 30.6 Å². The van der Waals surface area contributed by atoms with E-state index < -0.39 is 0 Å². The van der Waals surface area contributed by atoms with Crippen LogP contribution in [0.4, 0.5) is 4.39 Å². The molecule has 0 saturated carbocycles. The average molecular weight is 287 g/mol. The number of nitrogens with zero attached hydrogens (tertiary/aromatic N) is 1. The van der Waals surface area contributed by atoms with E-state index in [9.17, 15) is 4.39 Å². The van der Waals surface area contributed by atoms with Crippen LogP contribution in [0.15, 0.2) is 48.8 Å². The largest absolute Gasteiger partial charge is 1.00 e. The first-order valence-corrected chi connectivity index (χ1v) is 5.19. The lowest BCUT2D eigenvalue weighted by Gasteiger charge is -2.05. The fourth-order valence-electron chi connectivity index (χ4n) is 1.49. The zero-order valence-electron chi connectivity index (χ0n) is 9.61. The normalized spacial score (nSPS) is 9.17. The van der Waals surface area contributed by atoms with E-state index in [1.54, 1.807) is 24.5 Å². The Labute approximate surface area is 118 Å². The molecule has 0 radical (unpaired) electrons. The molecule has 98 valence electrons. The monoisotopic (exact) mass is 286 g/mol. The number of rotatable bonds is 4. The van der Waals surface area contributed by atoms with Gasteiger partial charge in [-0.15, -0.1) is 0 Å². The van der Waals surface area contributed by atoms with Gasteiger partial charge >= 0.3 is 0 Å². The zero-order valence-corrected chi connectivity index (χ0v) is 11.1. The van der Waals surface area contributed by atoms with Gasteiger partial charge in [0.15, 0.2) is 0 Å². The van der Waals surface area contributed by atoms with Crippen molar-refractivity contribution >= 4 is 0 Å². The summed E-state index contributed by atoms with van der Waals surface area (Å²) in [6.07, 6.45) is 3.54. The molecule has 0 unspecified atom stereocenters. The summed E-state index contributed by atoms with van der Waals surface area (Å²) in [5.41, 5.74) is 1.78. The third-order valence-electron chi connectivity index (χ3n) is 2.33. The number of aromatic nitrogens is 1. The summed E-state index contributed by atoms with van der Waals surface area (Å²) in [7, 11) is 0. The average Bonchev–Trinajstić information content (AvgIpc) is 2.33. The lowest BCUT2D eigenvalue weighted by atomic mass is 10.2. The smallest absolute Gasteiger partial charge is 0.127 e. The maximum atomic E-state index is 13.3. The third kappa shape index (κ3) is 5.00. The quantitative estimate of drug-likeness (QED) is 0.632. The minimum atomic E-state index is -0.166. The summed E-state index contributed by atoms with van der Waals surface area (Å²) >= 11 is 0. The molecule has 0 atom stereocenters. The molecule has 2 nitrogen and oxygen atoms in total. The molecule has 2 rings (SSSR count). The van der Waals surface area contributed by atoms with E-state index in [0.717, 1.165) is 5.56 Å². The summed E-state index contributed by atoms with van der Waals surface area (Å²) in [4.78, 5) is 4.01. The van der Waals surface area contributed by atoms with Crippen molar-refractivity contribution in [2.24, 2.45) is 0 Å². The van der Waals surface area contributed by atoms with E-state index in [2.05, 4.69) is 10.3 Å². The van der Waals surface area contributed by atoms with E-state index in [1.165, 1.54) is 6.07 Å². The molecule has 0 bridgehead atoms. The van der Waals surface area contributed by atoms with Crippen LogP contribution < -0.4 is 30.1 Å². The van der Waals surface area contributed by atoms with Crippen LogP contribution in [0.5, 0.6) is 0 Å². The topological polar surface area (TPSA) is 24.9 Å². The summed E-state index contributed by atoms with van der Waals surface area (Å²) in [5, 5.41) is 3.18. The van der Waals surface area contributed by atoms with Crippen LogP contribution in [-0.2, 0) is 13.1 Å². The van der Waals surface area contributed by atoms with Crippen LogP contribution in [0.1, 0.15) is 11.1 Å². The molecule has 0 saturated heterocycles. The SMILES string of the molecule is Fc1ccccc1CNCc1cccnc1.[Cl-].[Cl-]. The maximum Gasteiger partial charge on any atom is 0.127 e. The molecule has 18 heavy (non-hydrogen) atoms. The van der Waals surface area contributed by atoms with Crippen molar-refractivity contribution in [3.8, 4) is 0 Å². The Morgan fingerprint density at radius 2 is 1.78 bits per heavy atom. The highest BCUT2D eigenvalue weighted by molar-refractivity contribution is 5.17. The van der Waals surface area contributed by atoms with Gasteiger partial charge in [0.2, 0.25) is 0 Å². The highest BCUT2D eigenvalue weighted by atomic mass is 35.5. The Morgan fingerprint density at radius 3 is 2.44 bits per heavy atom. The predicted molar refractivity (Wildman–Crippen MR) is 61.2 cm³/mol. The van der Waals surface area contributed by atoms with Gasteiger partial charge in [-0.3, -0.25) is 4.98 Å². The second-order valence-electron chi connectivity index (χ2n) is 3.56. The number of hydrogen-bond acceptors (Lipinski definition) is 2. The molecular formula is C13H13Cl2FN2-2. The van der Waals surface area contributed by atoms with Gasteiger partial charge in [-0.05, 0) is 17.7 Å². The first-order valence-electron chi connectivity index (χ1n) is 5.19. The summed E-state index contributed by atoms with van der Waals surface area (Å²) in [6, 6.07) is 10.7. The molecule has 0 fully saturated rings. The highest BCUT2D eigenvalue weighted by Crippen LogP contribution is 2.05. The second kappa shape index (κ2) is 8.86. The zero-order chi connectivity index (χ0) is 11.2. The lowest BCUT2D eigenvalue weighted by molar-refractivity contribution is -0.00100. The van der Waals surface area contributed by atoms with Crippen molar-refractivity contribution in [1.29, 1.82) is 0 Å². The van der Waals surface area contributed by atoms with E-state index in [4.69, 9.17) is 0 Å². The van der Waals surface area contributed by atoms with Crippen LogP contribution >= 0.6 is 0 Å². The van der Waals surface area contributed by atoms with Gasteiger partial charge in [-0.25, -0.2) is 4.39 Å². The molecule has 1 aromatic carbocycles. The molecule has 1 aromatic heterocycles. The summed E-state index contributed by atoms with van der Waals surface area (Å²) in [6.45, 7) is 1.23. The Hall–Kier alpha value is -1.16. The summed E-state index contributed by atoms with van der Waals surface area (Å²) < 4.78 is 13.3. The second-order valence-corrected chi connectivity index (χ2v) is 3.56. The first kappa shape index (κ1) is 16.8. The van der Waals surface area contributed by atoms with Crippen molar-refractivity contribution in [2.45, 2.75) is 13.1 Å². The molecule has 0 aliphatic heterocycles. The van der Waals surface area contributed by atoms with Gasteiger partial charge in [0.05, 0.1) is 0 Å². The maximum absolute atomic E-state index is 13.3. The molecule has 5 heteroatoms. The fourth-order valence-corrected chi connectivity index (χ4v) is 1.49. The molecule has 0 aliphatic rings. The molecule has 0 amide bonds. The molecule has 0 spiro atoms. The standard InChI is InChI=1S/C13H13FN2.2ClH/c14-13-6-2-1-5-12(13)10-16-9-11-4-3-7-15-8-11;;/h1-8,16H,9-10H2;2*1H/p-2. The Bertz CT molecular complexity index is 452. The van der Waals surface area contributed by atoms with Gasteiger partial charge in [0.1, 0.15) is 5.82 Å². The number of hydrogen-bond donors (Lipinski definition) is 1. The molecular weight excluding hydrogens is 274 g/mol. The number of pyridine rings is 1. The van der Waals surface area contributed by atoms with Crippen LogP contribution in [0.25, 0.3) is 0 Å². The number of nitrogens with one attached hydrogen (secondary N) is 1. The van der Waals surface area contributed by atoms with Crippen molar-refractivity contribution in [2.75, 3.05) is 0 Å². The van der Waals surface area contributed by atoms with Crippen molar-refractivity contribution in [3.05, 3.63) is 65.7 Å². The van der Waals surface area contributed by atoms with Crippen LogP contribution in [0, 0.1) is 5.82 Å². The first-order chi connectivity index (χ1) is 7.86. The Balaban J connectivity index is 0.00000144. The van der Waals surface area contributed by atoms with E-state index in [1.807, 2.05) is 18.2 Å². The molecule has 1 N–H and O–H groups in total. The van der Waals surface area contributed by atoms with Crippen molar-refractivity contribution in [3.63, 3.8) is 0 Å². The number of halogens is 3. The molecule has 0 aliphatic carbocycles.